The van der Waals surface area contributed by atoms with E-state index in [4.69, 9.17) is 4.74 Å². The number of hydrogen-bond acceptors (Lipinski definition) is 7. The second kappa shape index (κ2) is 9.21. The minimum absolute atomic E-state index is 0.0390. The third-order valence-electron chi connectivity index (χ3n) is 4.10. The molecule has 3 heterocycles. The Morgan fingerprint density at radius 3 is 2.96 bits per heavy atom. The lowest BCUT2D eigenvalue weighted by atomic mass is 10.2. The van der Waals surface area contributed by atoms with E-state index in [2.05, 4.69) is 25.2 Å². The molecule has 0 saturated carbocycles. The van der Waals surface area contributed by atoms with E-state index in [9.17, 15) is 4.79 Å². The highest BCUT2D eigenvalue weighted by molar-refractivity contribution is 5.77. The van der Waals surface area contributed by atoms with Crippen molar-refractivity contribution >= 4 is 11.7 Å². The number of nitrogens with one attached hydrogen (secondary N) is 1. The van der Waals surface area contributed by atoms with Crippen LogP contribution in [0, 0.1) is 0 Å². The van der Waals surface area contributed by atoms with E-state index in [0.717, 1.165) is 30.2 Å². The van der Waals surface area contributed by atoms with Gasteiger partial charge in [-0.25, -0.2) is 9.97 Å². The number of carbonyl (C=O) groups excluding carboxylic acids is 1. The molecule has 138 valence electrons. The maximum atomic E-state index is 12.2. The van der Waals surface area contributed by atoms with Crippen LogP contribution in [0.1, 0.15) is 11.3 Å². The summed E-state index contributed by atoms with van der Waals surface area (Å²) in [6, 6.07) is 5.81. The van der Waals surface area contributed by atoms with Crippen LogP contribution >= 0.6 is 0 Å². The van der Waals surface area contributed by atoms with E-state index in [-0.39, 0.29) is 5.91 Å². The second-order valence-electron chi connectivity index (χ2n) is 6.28. The normalized spacial score (nSPS) is 14.5. The van der Waals surface area contributed by atoms with Gasteiger partial charge in [-0.2, -0.15) is 0 Å². The first-order chi connectivity index (χ1) is 12.7. The first kappa shape index (κ1) is 18.2. The second-order valence-corrected chi connectivity index (χ2v) is 6.28. The maximum absolute atomic E-state index is 12.2. The topological polar surface area (TPSA) is 83.5 Å². The molecule has 26 heavy (non-hydrogen) atoms. The molecule has 0 bridgehead atoms. The van der Waals surface area contributed by atoms with Crippen LogP contribution in [0.5, 0.6) is 0 Å². The predicted octanol–water partition coefficient (Wildman–Crippen LogP) is 0.456. The van der Waals surface area contributed by atoms with Crippen LogP contribution in [-0.2, 0) is 22.6 Å². The largest absolute Gasteiger partial charge is 0.378 e. The van der Waals surface area contributed by atoms with Gasteiger partial charge in [-0.15, -0.1) is 0 Å². The monoisotopic (exact) mass is 356 g/mol. The highest BCUT2D eigenvalue weighted by Gasteiger charge is 2.13. The molecule has 1 aliphatic heterocycles. The molecule has 1 N–H and O–H groups in total. The summed E-state index contributed by atoms with van der Waals surface area (Å²) in [4.78, 5) is 28.9. The predicted molar refractivity (Wildman–Crippen MR) is 97.5 cm³/mol. The zero-order valence-corrected chi connectivity index (χ0v) is 15.0. The standard InChI is InChI=1S/C18H24N6O2/c1-23(12-15-3-2-4-19-10-15)13-18(25)20-11-16-9-17(22-14-21-16)24-5-7-26-8-6-24/h2-4,9-10,14H,5-8,11-13H2,1H3,(H,20,25). The van der Waals surface area contributed by atoms with Crippen molar-refractivity contribution in [3.05, 3.63) is 48.2 Å². The summed E-state index contributed by atoms with van der Waals surface area (Å²) >= 11 is 0. The van der Waals surface area contributed by atoms with Crippen LogP contribution in [0.15, 0.2) is 36.9 Å². The van der Waals surface area contributed by atoms with Gasteiger partial charge in [-0.1, -0.05) is 6.07 Å². The molecular formula is C18H24N6O2. The van der Waals surface area contributed by atoms with Crippen molar-refractivity contribution in [2.24, 2.45) is 0 Å². The fourth-order valence-electron chi connectivity index (χ4n) is 2.80. The zero-order chi connectivity index (χ0) is 18.2. The summed E-state index contributed by atoms with van der Waals surface area (Å²) in [6.45, 7) is 4.44. The Morgan fingerprint density at radius 1 is 1.35 bits per heavy atom. The SMILES string of the molecule is CN(CC(=O)NCc1cc(N2CCOCC2)ncn1)Cc1cccnc1. The molecule has 0 unspecified atom stereocenters. The van der Waals surface area contributed by atoms with Crippen molar-refractivity contribution in [2.75, 3.05) is 44.8 Å². The Labute approximate surface area is 153 Å². The molecule has 0 spiro atoms. The van der Waals surface area contributed by atoms with Gasteiger partial charge in [-0.05, 0) is 18.7 Å². The Kier molecular flexibility index (Phi) is 6.45. The van der Waals surface area contributed by atoms with Crippen LogP contribution in [0.4, 0.5) is 5.82 Å². The minimum Gasteiger partial charge on any atom is -0.378 e. The van der Waals surface area contributed by atoms with Crippen LogP contribution < -0.4 is 10.2 Å². The lowest BCUT2D eigenvalue weighted by molar-refractivity contribution is -0.122. The highest BCUT2D eigenvalue weighted by Crippen LogP contribution is 2.12. The smallest absolute Gasteiger partial charge is 0.234 e. The average molecular weight is 356 g/mol. The molecule has 1 saturated heterocycles. The summed E-state index contributed by atoms with van der Waals surface area (Å²) < 4.78 is 5.36. The lowest BCUT2D eigenvalue weighted by Crippen LogP contribution is -2.37. The van der Waals surface area contributed by atoms with Crippen molar-refractivity contribution in [1.29, 1.82) is 0 Å². The third kappa shape index (κ3) is 5.47. The number of hydrogen-bond donors (Lipinski definition) is 1. The van der Waals surface area contributed by atoms with Crippen LogP contribution in [0.2, 0.25) is 0 Å². The number of morpholine rings is 1. The number of aromatic nitrogens is 3. The number of amides is 1. The van der Waals surface area contributed by atoms with Gasteiger partial charge in [0, 0.05) is 38.1 Å². The van der Waals surface area contributed by atoms with Crippen molar-refractivity contribution in [1.82, 2.24) is 25.2 Å². The van der Waals surface area contributed by atoms with Gasteiger partial charge in [-0.3, -0.25) is 14.7 Å². The summed E-state index contributed by atoms with van der Waals surface area (Å²) in [5, 5.41) is 2.92. The highest BCUT2D eigenvalue weighted by atomic mass is 16.5. The molecule has 0 radical (unpaired) electrons. The number of ether oxygens (including phenoxy) is 1. The van der Waals surface area contributed by atoms with E-state index in [1.54, 1.807) is 12.5 Å². The molecule has 0 atom stereocenters. The Hall–Kier alpha value is -2.58. The first-order valence-corrected chi connectivity index (χ1v) is 8.68. The molecule has 1 amide bonds. The fraction of sp³-hybridized carbons (Fsp3) is 0.444. The average Bonchev–Trinajstić information content (AvgIpc) is 2.68. The molecular weight excluding hydrogens is 332 g/mol. The molecule has 3 rings (SSSR count). The number of anilines is 1. The van der Waals surface area contributed by atoms with E-state index in [1.807, 2.05) is 36.3 Å². The molecule has 1 aliphatic rings. The van der Waals surface area contributed by atoms with Crippen molar-refractivity contribution in [3.63, 3.8) is 0 Å². The third-order valence-corrected chi connectivity index (χ3v) is 4.10. The van der Waals surface area contributed by atoms with Crippen molar-refractivity contribution < 1.29 is 9.53 Å². The van der Waals surface area contributed by atoms with Crippen LogP contribution in [-0.4, -0.2) is 65.7 Å². The Bertz CT molecular complexity index is 706. The summed E-state index contributed by atoms with van der Waals surface area (Å²) in [7, 11) is 1.91. The Balaban J connectivity index is 1.46. The fourth-order valence-corrected chi connectivity index (χ4v) is 2.80. The molecule has 2 aromatic heterocycles. The molecule has 0 aliphatic carbocycles. The van der Waals surface area contributed by atoms with E-state index in [0.29, 0.717) is 32.8 Å². The summed E-state index contributed by atoms with van der Waals surface area (Å²) in [6.07, 6.45) is 5.09. The van der Waals surface area contributed by atoms with E-state index < -0.39 is 0 Å². The van der Waals surface area contributed by atoms with Crippen molar-refractivity contribution in [3.8, 4) is 0 Å². The van der Waals surface area contributed by atoms with Crippen LogP contribution in [0.3, 0.4) is 0 Å². The minimum atomic E-state index is -0.0390. The maximum Gasteiger partial charge on any atom is 0.234 e. The van der Waals surface area contributed by atoms with Crippen LogP contribution in [0.25, 0.3) is 0 Å². The number of nitrogens with zero attached hydrogens (tertiary/aromatic N) is 5. The summed E-state index contributed by atoms with van der Waals surface area (Å²) in [5.41, 5.74) is 1.87. The van der Waals surface area contributed by atoms with Gasteiger partial charge >= 0.3 is 0 Å². The van der Waals surface area contributed by atoms with Gasteiger partial charge in [0.15, 0.2) is 0 Å². The zero-order valence-electron chi connectivity index (χ0n) is 15.0. The number of pyridine rings is 1. The molecule has 1 fully saturated rings. The van der Waals surface area contributed by atoms with Gasteiger partial charge in [0.1, 0.15) is 12.1 Å². The molecule has 8 heteroatoms. The number of rotatable bonds is 7. The molecule has 0 aromatic carbocycles. The van der Waals surface area contributed by atoms with Gasteiger partial charge in [0.05, 0.1) is 32.0 Å². The Morgan fingerprint density at radius 2 is 2.19 bits per heavy atom. The summed E-state index contributed by atoms with van der Waals surface area (Å²) in [5.74, 6) is 0.837. The van der Waals surface area contributed by atoms with Gasteiger partial charge in [0.25, 0.3) is 0 Å². The van der Waals surface area contributed by atoms with Gasteiger partial charge < -0.3 is 15.0 Å². The van der Waals surface area contributed by atoms with Gasteiger partial charge in [0.2, 0.25) is 5.91 Å². The number of carbonyl (C=O) groups is 1. The van der Waals surface area contributed by atoms with E-state index >= 15 is 0 Å². The van der Waals surface area contributed by atoms with Crippen molar-refractivity contribution in [2.45, 2.75) is 13.1 Å². The molecule has 2 aromatic rings. The lowest BCUT2D eigenvalue weighted by Gasteiger charge is -2.27. The van der Waals surface area contributed by atoms with E-state index in [1.165, 1.54) is 0 Å². The molecule has 8 nitrogen and oxygen atoms in total. The quantitative estimate of drug-likeness (QED) is 0.771. The number of likely N-dealkylation sites (N-methyl/N-ethyl adjacent to an activating group) is 1. The first-order valence-electron chi connectivity index (χ1n) is 8.68.